The summed E-state index contributed by atoms with van der Waals surface area (Å²) in [6.45, 7) is 2.01. The van der Waals surface area contributed by atoms with Gasteiger partial charge in [0, 0.05) is 6.54 Å². The van der Waals surface area contributed by atoms with E-state index in [9.17, 15) is 9.59 Å². The molecule has 0 aliphatic carbocycles. The molecule has 7 heteroatoms. The van der Waals surface area contributed by atoms with Crippen molar-refractivity contribution in [1.29, 1.82) is 5.26 Å². The van der Waals surface area contributed by atoms with E-state index in [4.69, 9.17) is 5.26 Å². The minimum atomic E-state index is -0.658. The van der Waals surface area contributed by atoms with E-state index in [0.29, 0.717) is 6.54 Å². The number of anilines is 1. The quantitative estimate of drug-likeness (QED) is 0.574. The minimum absolute atomic E-state index is 0.00620. The maximum Gasteiger partial charge on any atom is 0.342 e. The molecule has 1 unspecified atom stereocenters. The molecule has 0 bridgehead atoms. The van der Waals surface area contributed by atoms with Gasteiger partial charge in [-0.25, -0.2) is 9.89 Å². The lowest BCUT2D eigenvalue weighted by molar-refractivity contribution is 0.772. The Morgan fingerprint density at radius 3 is 2.93 bits per heavy atom. The normalized spacial score (nSPS) is 11.7. The molecule has 74 valence electrons. The summed E-state index contributed by atoms with van der Waals surface area (Å²) in [6.07, 6.45) is 0. The SMILES string of the molecule is CC(C#N)CNc1n[nH]c(=O)[nH]c1=O. The molecular weight excluding hydrogens is 186 g/mol. The lowest BCUT2D eigenvalue weighted by Gasteiger charge is -2.03. The Bertz CT molecular complexity index is 454. The van der Waals surface area contributed by atoms with Crippen LogP contribution in [-0.4, -0.2) is 21.7 Å². The molecule has 1 aromatic heterocycles. The van der Waals surface area contributed by atoms with Crippen LogP contribution < -0.4 is 16.6 Å². The fraction of sp³-hybridized carbons (Fsp3) is 0.429. The first-order valence-electron chi connectivity index (χ1n) is 3.96. The second kappa shape index (κ2) is 4.23. The molecule has 1 rings (SSSR count). The number of aromatic nitrogens is 3. The van der Waals surface area contributed by atoms with Gasteiger partial charge in [-0.15, -0.1) is 5.10 Å². The molecule has 1 heterocycles. The molecule has 0 aromatic carbocycles. The van der Waals surface area contributed by atoms with Gasteiger partial charge in [-0.2, -0.15) is 5.26 Å². The van der Waals surface area contributed by atoms with E-state index < -0.39 is 11.2 Å². The molecule has 3 N–H and O–H groups in total. The fourth-order valence-electron chi connectivity index (χ4n) is 0.763. The monoisotopic (exact) mass is 195 g/mol. The third-order valence-corrected chi connectivity index (χ3v) is 1.51. The summed E-state index contributed by atoms with van der Waals surface area (Å²) in [5.41, 5.74) is -1.26. The molecule has 7 nitrogen and oxygen atoms in total. The summed E-state index contributed by atoms with van der Waals surface area (Å²) >= 11 is 0. The molecule has 0 fully saturated rings. The predicted molar refractivity (Wildman–Crippen MR) is 48.7 cm³/mol. The van der Waals surface area contributed by atoms with E-state index >= 15 is 0 Å². The maximum atomic E-state index is 11.1. The van der Waals surface area contributed by atoms with E-state index in [1.165, 1.54) is 0 Å². The van der Waals surface area contributed by atoms with Crippen molar-refractivity contribution in [2.45, 2.75) is 6.92 Å². The summed E-state index contributed by atoms with van der Waals surface area (Å²) in [7, 11) is 0. The van der Waals surface area contributed by atoms with Gasteiger partial charge in [-0.3, -0.25) is 9.78 Å². The molecule has 0 aliphatic heterocycles. The summed E-state index contributed by atoms with van der Waals surface area (Å²) < 4.78 is 0. The Hall–Kier alpha value is -2.10. The smallest absolute Gasteiger partial charge is 0.342 e. The average molecular weight is 195 g/mol. The Balaban J connectivity index is 2.74. The highest BCUT2D eigenvalue weighted by atomic mass is 16.2. The molecule has 0 saturated carbocycles. The number of hydrogen-bond acceptors (Lipinski definition) is 5. The third-order valence-electron chi connectivity index (χ3n) is 1.51. The van der Waals surface area contributed by atoms with Crippen LogP contribution in [0.2, 0.25) is 0 Å². The summed E-state index contributed by atoms with van der Waals surface area (Å²) in [6, 6.07) is 1.99. The van der Waals surface area contributed by atoms with Crippen LogP contribution in [0.4, 0.5) is 5.82 Å². The van der Waals surface area contributed by atoms with Crippen LogP contribution in [0.15, 0.2) is 9.59 Å². The Labute approximate surface area is 78.8 Å². The van der Waals surface area contributed by atoms with Crippen molar-refractivity contribution in [2.75, 3.05) is 11.9 Å². The number of rotatable bonds is 3. The van der Waals surface area contributed by atoms with Gasteiger partial charge in [0.25, 0.3) is 5.56 Å². The lowest BCUT2D eigenvalue weighted by Crippen LogP contribution is -2.28. The van der Waals surface area contributed by atoms with Gasteiger partial charge in [-0.05, 0) is 6.92 Å². The highest BCUT2D eigenvalue weighted by molar-refractivity contribution is 5.28. The van der Waals surface area contributed by atoms with Crippen LogP contribution in [0.5, 0.6) is 0 Å². The summed E-state index contributed by atoms with van der Waals surface area (Å²) in [5.74, 6) is -0.227. The van der Waals surface area contributed by atoms with Gasteiger partial charge in [-0.1, -0.05) is 0 Å². The van der Waals surface area contributed by atoms with Crippen molar-refractivity contribution in [2.24, 2.45) is 5.92 Å². The largest absolute Gasteiger partial charge is 0.363 e. The molecule has 0 spiro atoms. The zero-order valence-electron chi connectivity index (χ0n) is 7.50. The van der Waals surface area contributed by atoms with E-state index in [2.05, 4.69) is 15.5 Å². The molecule has 1 atom stereocenters. The predicted octanol–water partition coefficient (Wildman–Crippen LogP) is -0.970. The van der Waals surface area contributed by atoms with Gasteiger partial charge in [0.15, 0.2) is 0 Å². The van der Waals surface area contributed by atoms with Crippen molar-refractivity contribution in [3.63, 3.8) is 0 Å². The number of nitriles is 1. The number of nitrogens with one attached hydrogen (secondary N) is 3. The zero-order chi connectivity index (χ0) is 10.6. The van der Waals surface area contributed by atoms with Crippen LogP contribution in [0.1, 0.15) is 6.92 Å². The number of nitrogens with zero attached hydrogens (tertiary/aromatic N) is 2. The van der Waals surface area contributed by atoms with Crippen molar-refractivity contribution in [3.05, 3.63) is 20.8 Å². The van der Waals surface area contributed by atoms with E-state index in [0.717, 1.165) is 0 Å². The second-order valence-corrected chi connectivity index (χ2v) is 2.77. The van der Waals surface area contributed by atoms with Crippen LogP contribution in [0.3, 0.4) is 0 Å². The van der Waals surface area contributed by atoms with Crippen molar-refractivity contribution < 1.29 is 0 Å². The number of hydrogen-bond donors (Lipinski definition) is 3. The first kappa shape index (κ1) is 9.98. The van der Waals surface area contributed by atoms with Crippen molar-refractivity contribution >= 4 is 5.82 Å². The first-order chi connectivity index (χ1) is 6.63. The molecule has 0 saturated heterocycles. The third kappa shape index (κ3) is 2.45. The minimum Gasteiger partial charge on any atom is -0.363 e. The van der Waals surface area contributed by atoms with Crippen LogP contribution in [0.25, 0.3) is 0 Å². The van der Waals surface area contributed by atoms with E-state index in [-0.39, 0.29) is 11.7 Å². The van der Waals surface area contributed by atoms with Gasteiger partial charge < -0.3 is 5.32 Å². The highest BCUT2D eigenvalue weighted by Gasteiger charge is 2.03. The molecule has 1 aromatic rings. The van der Waals surface area contributed by atoms with Gasteiger partial charge in [0.2, 0.25) is 5.82 Å². The molecular formula is C7H9N5O2. The van der Waals surface area contributed by atoms with E-state index in [1.54, 1.807) is 6.92 Å². The summed E-state index contributed by atoms with van der Waals surface area (Å²) in [5, 5.41) is 16.7. The van der Waals surface area contributed by atoms with Crippen molar-refractivity contribution in [1.82, 2.24) is 15.2 Å². The second-order valence-electron chi connectivity index (χ2n) is 2.77. The topological polar surface area (TPSA) is 114 Å². The van der Waals surface area contributed by atoms with Gasteiger partial charge >= 0.3 is 5.69 Å². The van der Waals surface area contributed by atoms with Crippen molar-refractivity contribution in [3.8, 4) is 6.07 Å². The highest BCUT2D eigenvalue weighted by Crippen LogP contribution is 1.93. The zero-order valence-corrected chi connectivity index (χ0v) is 7.50. The molecule has 0 radical (unpaired) electrons. The maximum absolute atomic E-state index is 11.1. The number of aromatic amines is 2. The number of H-pyrrole nitrogens is 2. The summed E-state index contributed by atoms with van der Waals surface area (Å²) in [4.78, 5) is 23.6. The molecule has 14 heavy (non-hydrogen) atoms. The Kier molecular flexibility index (Phi) is 3.01. The first-order valence-corrected chi connectivity index (χ1v) is 3.96. The average Bonchev–Trinajstić information content (AvgIpc) is 2.16. The lowest BCUT2D eigenvalue weighted by atomic mass is 10.2. The van der Waals surface area contributed by atoms with Crippen LogP contribution >= 0.6 is 0 Å². The molecule has 0 aliphatic rings. The molecule has 0 amide bonds. The van der Waals surface area contributed by atoms with Gasteiger partial charge in [0.05, 0.1) is 12.0 Å². The van der Waals surface area contributed by atoms with Gasteiger partial charge in [0.1, 0.15) is 0 Å². The Morgan fingerprint density at radius 1 is 1.64 bits per heavy atom. The fourth-order valence-corrected chi connectivity index (χ4v) is 0.763. The van der Waals surface area contributed by atoms with E-state index in [1.807, 2.05) is 11.1 Å². The van der Waals surface area contributed by atoms with Crippen LogP contribution in [-0.2, 0) is 0 Å². The Morgan fingerprint density at radius 2 is 2.36 bits per heavy atom. The standard InChI is InChI=1S/C7H9N5O2/c1-4(2-8)3-9-5-6(13)10-7(14)12-11-5/h4H,3H2,1H3,(H,9,11)(H2,10,12,13,14). The van der Waals surface area contributed by atoms with Crippen LogP contribution in [0, 0.1) is 17.2 Å².